The van der Waals surface area contributed by atoms with Crippen molar-refractivity contribution in [1.82, 2.24) is 4.72 Å². The van der Waals surface area contributed by atoms with Crippen LogP contribution in [0, 0.1) is 11.3 Å². The quantitative estimate of drug-likeness (QED) is 0.815. The van der Waals surface area contributed by atoms with E-state index in [1.807, 2.05) is 6.07 Å². The standard InChI is InChI=1S/C10H18N2O2S2/c1-3-9(7-11)16(13,14)12-8-10(2)5-4-6-15-10/h9,12H,3-6,8H2,1-2H3. The molecule has 16 heavy (non-hydrogen) atoms. The number of nitrogens with zero attached hydrogens (tertiary/aromatic N) is 1. The fraction of sp³-hybridized carbons (Fsp3) is 0.900. The number of nitriles is 1. The van der Waals surface area contributed by atoms with E-state index in [-0.39, 0.29) is 4.75 Å². The van der Waals surface area contributed by atoms with Gasteiger partial charge in [0.2, 0.25) is 10.0 Å². The van der Waals surface area contributed by atoms with Crippen molar-refractivity contribution in [1.29, 1.82) is 5.26 Å². The summed E-state index contributed by atoms with van der Waals surface area (Å²) in [7, 11) is -3.47. The minimum Gasteiger partial charge on any atom is -0.213 e. The zero-order chi connectivity index (χ0) is 12.2. The molecule has 0 aromatic carbocycles. The molecular weight excluding hydrogens is 244 g/mol. The van der Waals surface area contributed by atoms with Gasteiger partial charge in [0, 0.05) is 11.3 Å². The monoisotopic (exact) mass is 262 g/mol. The summed E-state index contributed by atoms with van der Waals surface area (Å²) in [6.45, 7) is 4.21. The molecule has 4 nitrogen and oxygen atoms in total. The molecule has 1 N–H and O–H groups in total. The van der Waals surface area contributed by atoms with E-state index in [1.165, 1.54) is 0 Å². The summed E-state index contributed by atoms with van der Waals surface area (Å²) in [5, 5.41) is 7.82. The zero-order valence-electron chi connectivity index (χ0n) is 9.69. The molecule has 1 aliphatic rings. The number of rotatable bonds is 5. The van der Waals surface area contributed by atoms with Gasteiger partial charge in [-0.25, -0.2) is 13.1 Å². The molecule has 1 aliphatic heterocycles. The molecule has 0 saturated carbocycles. The Kier molecular flexibility index (Phi) is 4.65. The summed E-state index contributed by atoms with van der Waals surface area (Å²) in [6.07, 6.45) is 2.50. The van der Waals surface area contributed by atoms with Crippen LogP contribution >= 0.6 is 11.8 Å². The largest absolute Gasteiger partial charge is 0.228 e. The van der Waals surface area contributed by atoms with Crippen molar-refractivity contribution in [2.75, 3.05) is 12.3 Å². The maximum atomic E-state index is 11.7. The van der Waals surface area contributed by atoms with Crippen molar-refractivity contribution >= 4 is 21.8 Å². The molecule has 0 radical (unpaired) electrons. The second-order valence-corrected chi connectivity index (χ2v) is 7.92. The first-order valence-corrected chi connectivity index (χ1v) is 7.99. The van der Waals surface area contributed by atoms with Crippen molar-refractivity contribution in [3.05, 3.63) is 0 Å². The van der Waals surface area contributed by atoms with Crippen LogP contribution in [0.1, 0.15) is 33.1 Å². The Morgan fingerprint density at radius 1 is 1.62 bits per heavy atom. The fourth-order valence-corrected chi connectivity index (χ4v) is 4.34. The SMILES string of the molecule is CCC(C#N)S(=O)(=O)NCC1(C)CCCS1. The average Bonchev–Trinajstić information content (AvgIpc) is 2.65. The molecule has 92 valence electrons. The summed E-state index contributed by atoms with van der Waals surface area (Å²) in [4.78, 5) is 0. The lowest BCUT2D eigenvalue weighted by Gasteiger charge is -2.23. The lowest BCUT2D eigenvalue weighted by atomic mass is 10.1. The van der Waals surface area contributed by atoms with Gasteiger partial charge in [0.25, 0.3) is 0 Å². The topological polar surface area (TPSA) is 70.0 Å². The smallest absolute Gasteiger partial charge is 0.213 e. The van der Waals surface area contributed by atoms with Crippen LogP contribution in [0.4, 0.5) is 0 Å². The van der Waals surface area contributed by atoms with Gasteiger partial charge in [0.15, 0.2) is 5.25 Å². The first kappa shape index (κ1) is 13.8. The van der Waals surface area contributed by atoms with Crippen LogP contribution in [0.15, 0.2) is 0 Å². The second kappa shape index (κ2) is 5.39. The van der Waals surface area contributed by atoms with Crippen LogP contribution in [0.3, 0.4) is 0 Å². The predicted octanol–water partition coefficient (Wildman–Crippen LogP) is 1.49. The van der Waals surface area contributed by atoms with Crippen LogP contribution in [-0.4, -0.2) is 30.7 Å². The lowest BCUT2D eigenvalue weighted by Crippen LogP contribution is -2.41. The fourth-order valence-electron chi connectivity index (χ4n) is 1.71. The Morgan fingerprint density at radius 2 is 2.31 bits per heavy atom. The third-order valence-electron chi connectivity index (χ3n) is 2.84. The molecular formula is C10H18N2O2S2. The highest BCUT2D eigenvalue weighted by atomic mass is 32.2. The summed E-state index contributed by atoms with van der Waals surface area (Å²) in [6, 6.07) is 1.82. The van der Waals surface area contributed by atoms with Crippen molar-refractivity contribution in [3.8, 4) is 6.07 Å². The highest BCUT2D eigenvalue weighted by molar-refractivity contribution is 8.01. The molecule has 1 rings (SSSR count). The van der Waals surface area contributed by atoms with E-state index in [2.05, 4.69) is 11.6 Å². The third-order valence-corrected chi connectivity index (χ3v) is 6.11. The highest BCUT2D eigenvalue weighted by Crippen LogP contribution is 2.37. The highest BCUT2D eigenvalue weighted by Gasteiger charge is 2.32. The number of nitrogens with one attached hydrogen (secondary N) is 1. The Labute approximate surface area is 102 Å². The lowest BCUT2D eigenvalue weighted by molar-refractivity contribution is 0.546. The van der Waals surface area contributed by atoms with Gasteiger partial charge in [0.1, 0.15) is 0 Å². The van der Waals surface area contributed by atoms with Crippen molar-refractivity contribution in [2.45, 2.75) is 43.1 Å². The van der Waals surface area contributed by atoms with E-state index in [0.29, 0.717) is 13.0 Å². The first-order valence-electron chi connectivity index (χ1n) is 5.45. The van der Waals surface area contributed by atoms with Crippen LogP contribution < -0.4 is 4.72 Å². The summed E-state index contributed by atoms with van der Waals surface area (Å²) in [5.74, 6) is 1.09. The van der Waals surface area contributed by atoms with Gasteiger partial charge in [-0.3, -0.25) is 0 Å². The molecule has 0 spiro atoms. The van der Waals surface area contributed by atoms with E-state index in [9.17, 15) is 8.42 Å². The molecule has 0 aromatic heterocycles. The van der Waals surface area contributed by atoms with E-state index in [1.54, 1.807) is 18.7 Å². The Hall–Kier alpha value is -0.250. The number of hydrogen-bond acceptors (Lipinski definition) is 4. The van der Waals surface area contributed by atoms with E-state index < -0.39 is 15.3 Å². The molecule has 2 unspecified atom stereocenters. The number of hydrogen-bond donors (Lipinski definition) is 1. The van der Waals surface area contributed by atoms with Crippen LogP contribution in [-0.2, 0) is 10.0 Å². The maximum absolute atomic E-state index is 11.7. The molecule has 0 bridgehead atoms. The van der Waals surface area contributed by atoms with Gasteiger partial charge in [-0.15, -0.1) is 0 Å². The molecule has 0 aromatic rings. The third kappa shape index (κ3) is 3.37. The second-order valence-electron chi connectivity index (χ2n) is 4.29. The Morgan fingerprint density at radius 3 is 2.75 bits per heavy atom. The molecule has 1 heterocycles. The predicted molar refractivity (Wildman–Crippen MR) is 66.7 cm³/mol. The van der Waals surface area contributed by atoms with Gasteiger partial charge in [-0.2, -0.15) is 17.0 Å². The normalized spacial score (nSPS) is 27.6. The van der Waals surface area contributed by atoms with Gasteiger partial charge < -0.3 is 0 Å². The summed E-state index contributed by atoms with van der Waals surface area (Å²) >= 11 is 1.80. The summed E-state index contributed by atoms with van der Waals surface area (Å²) in [5.41, 5.74) is 0. The molecule has 0 amide bonds. The minimum absolute atomic E-state index is 0.000811. The molecule has 1 fully saturated rings. The summed E-state index contributed by atoms with van der Waals surface area (Å²) < 4.78 is 26.1. The van der Waals surface area contributed by atoms with Gasteiger partial charge >= 0.3 is 0 Å². The molecule has 6 heteroatoms. The zero-order valence-corrected chi connectivity index (χ0v) is 11.3. The first-order chi connectivity index (χ1) is 7.43. The molecule has 1 saturated heterocycles. The van der Waals surface area contributed by atoms with E-state index in [0.717, 1.165) is 18.6 Å². The van der Waals surface area contributed by atoms with Crippen LogP contribution in [0.5, 0.6) is 0 Å². The van der Waals surface area contributed by atoms with Crippen molar-refractivity contribution in [3.63, 3.8) is 0 Å². The Balaban J connectivity index is 2.57. The number of sulfonamides is 1. The van der Waals surface area contributed by atoms with Gasteiger partial charge in [0.05, 0.1) is 6.07 Å². The molecule has 2 atom stereocenters. The average molecular weight is 262 g/mol. The van der Waals surface area contributed by atoms with E-state index >= 15 is 0 Å². The Bertz CT molecular complexity index is 367. The van der Waals surface area contributed by atoms with Gasteiger partial charge in [-0.1, -0.05) is 6.92 Å². The van der Waals surface area contributed by atoms with Crippen molar-refractivity contribution < 1.29 is 8.42 Å². The van der Waals surface area contributed by atoms with Crippen molar-refractivity contribution in [2.24, 2.45) is 0 Å². The van der Waals surface area contributed by atoms with Crippen LogP contribution in [0.2, 0.25) is 0 Å². The van der Waals surface area contributed by atoms with Crippen LogP contribution in [0.25, 0.3) is 0 Å². The maximum Gasteiger partial charge on any atom is 0.228 e. The van der Waals surface area contributed by atoms with E-state index in [4.69, 9.17) is 5.26 Å². The minimum atomic E-state index is -3.47. The molecule has 0 aliphatic carbocycles. The number of thioether (sulfide) groups is 1. The van der Waals surface area contributed by atoms with Gasteiger partial charge in [-0.05, 0) is 31.9 Å².